The van der Waals surface area contributed by atoms with Crippen molar-refractivity contribution in [3.63, 3.8) is 0 Å². The highest BCUT2D eigenvalue weighted by atomic mass is 31.3. The molecule has 3 heterocycles. The number of anilines is 1. The summed E-state index contributed by atoms with van der Waals surface area (Å²) < 4.78 is 68.5. The van der Waals surface area contributed by atoms with Crippen molar-refractivity contribution in [1.29, 1.82) is 0 Å². The number of esters is 1. The maximum absolute atomic E-state index is 14.9. The lowest BCUT2D eigenvalue weighted by atomic mass is 10.2. The Morgan fingerprint density at radius 3 is 2.68 bits per heavy atom. The first-order valence-electron chi connectivity index (χ1n) is 12.4. The van der Waals surface area contributed by atoms with Gasteiger partial charge in [-0.15, -0.1) is 0 Å². The van der Waals surface area contributed by atoms with Gasteiger partial charge in [-0.3, -0.25) is 19.1 Å². The van der Waals surface area contributed by atoms with E-state index in [2.05, 4.69) is 15.1 Å². The number of hydrogen-bond donors (Lipinski definition) is 4. The smallest absolute Gasteiger partial charge is 0.462 e. The lowest BCUT2D eigenvalue weighted by Crippen LogP contribution is -2.36. The third-order valence-electron chi connectivity index (χ3n) is 5.66. The van der Waals surface area contributed by atoms with E-state index in [0.717, 1.165) is 0 Å². The van der Waals surface area contributed by atoms with Crippen molar-refractivity contribution in [1.82, 2.24) is 19.6 Å². The van der Waals surface area contributed by atoms with Crippen molar-refractivity contribution in [2.45, 2.75) is 57.8 Å². The van der Waals surface area contributed by atoms with Crippen LogP contribution in [-0.4, -0.2) is 56.4 Å². The summed E-state index contributed by atoms with van der Waals surface area (Å²) in [6.45, 7) is 3.88. The number of fused-ring (bicyclic) bond motifs is 1. The van der Waals surface area contributed by atoms with Gasteiger partial charge in [0.15, 0.2) is 11.9 Å². The van der Waals surface area contributed by atoms with Crippen LogP contribution in [0.1, 0.15) is 33.4 Å². The monoisotopic (exact) mass is 617 g/mol. The zero-order valence-corrected chi connectivity index (χ0v) is 24.0. The number of aromatic amines is 1. The van der Waals surface area contributed by atoms with Crippen LogP contribution in [-0.2, 0) is 32.2 Å². The Hall–Kier alpha value is -3.10. The van der Waals surface area contributed by atoms with Gasteiger partial charge >= 0.3 is 21.5 Å². The fourth-order valence-electron chi connectivity index (χ4n) is 3.97. The van der Waals surface area contributed by atoms with Gasteiger partial charge in [0, 0.05) is 12.6 Å². The highest BCUT2D eigenvalue weighted by Crippen LogP contribution is 2.60. The van der Waals surface area contributed by atoms with E-state index in [1.807, 2.05) is 0 Å². The normalized spacial score (nSPS) is 22.7. The number of nitrogen functional groups attached to an aromatic ring is 1. The highest BCUT2D eigenvalue weighted by Gasteiger charge is 2.43. The number of halogens is 1. The van der Waals surface area contributed by atoms with E-state index in [9.17, 15) is 28.0 Å². The number of nitrogens with two attached hydrogens (primary N) is 1. The Bertz CT molecular complexity index is 1530. The zero-order chi connectivity index (χ0) is 29.9. The van der Waals surface area contributed by atoms with Crippen LogP contribution in [0, 0.1) is 0 Å². The predicted octanol–water partition coefficient (Wildman–Crippen LogP) is 3.18. The summed E-state index contributed by atoms with van der Waals surface area (Å²) >= 11 is 0. The molecule has 15 nitrogen and oxygen atoms in total. The van der Waals surface area contributed by atoms with Gasteiger partial charge in [-0.05, 0) is 39.0 Å². The number of nitrogens with zero attached hydrogens (tertiary/aromatic N) is 2. The van der Waals surface area contributed by atoms with Crippen molar-refractivity contribution in [3.05, 3.63) is 52.9 Å². The number of nitrogens with one attached hydrogen (secondary N) is 2. The number of aromatic nitrogens is 3. The molecule has 0 amide bonds. The van der Waals surface area contributed by atoms with Gasteiger partial charge in [0.1, 0.15) is 18.0 Å². The number of carbonyl (C=O) groups excluding carboxylic acids is 1. The molecule has 224 valence electrons. The van der Waals surface area contributed by atoms with E-state index in [0.29, 0.717) is 0 Å². The van der Waals surface area contributed by atoms with Gasteiger partial charge in [0.2, 0.25) is 5.95 Å². The quantitative estimate of drug-likeness (QED) is 0.170. The number of hydrogen-bond acceptors (Lipinski definition) is 11. The molecule has 0 bridgehead atoms. The van der Waals surface area contributed by atoms with Crippen molar-refractivity contribution >= 4 is 38.5 Å². The Balaban J connectivity index is 1.44. The second-order valence-electron chi connectivity index (χ2n) is 9.40. The van der Waals surface area contributed by atoms with Crippen LogP contribution < -0.4 is 20.9 Å². The molecule has 1 aromatic carbocycles. The molecule has 4 rings (SSSR count). The summed E-state index contributed by atoms with van der Waals surface area (Å²) in [7, 11) is -9.89. The zero-order valence-electron chi connectivity index (χ0n) is 22.2. The molecule has 1 saturated heterocycles. The molecule has 1 aliphatic heterocycles. The summed E-state index contributed by atoms with van der Waals surface area (Å²) in [4.78, 5) is 41.1. The van der Waals surface area contributed by atoms with E-state index in [1.54, 1.807) is 32.0 Å². The van der Waals surface area contributed by atoms with Crippen molar-refractivity contribution in [2.24, 2.45) is 0 Å². The number of phosphoric acid groups is 1. The first-order valence-corrected chi connectivity index (χ1v) is 15.5. The molecular weight excluding hydrogens is 587 g/mol. The molecular formula is C23H30FN5O10P2. The first-order chi connectivity index (χ1) is 19.2. The summed E-state index contributed by atoms with van der Waals surface area (Å²) in [5.74, 6) is -0.983. The van der Waals surface area contributed by atoms with Crippen LogP contribution in [0.4, 0.5) is 10.3 Å². The van der Waals surface area contributed by atoms with Gasteiger partial charge in [-0.2, -0.15) is 14.4 Å². The van der Waals surface area contributed by atoms with Crippen LogP contribution in [0.3, 0.4) is 0 Å². The minimum atomic E-state index is -5.16. The van der Waals surface area contributed by atoms with Gasteiger partial charge < -0.3 is 29.2 Å². The van der Waals surface area contributed by atoms with E-state index < -0.39 is 64.4 Å². The second-order valence-corrected chi connectivity index (χ2v) is 12.7. The Kier molecular flexibility index (Phi) is 9.34. The number of ether oxygens (including phenoxy) is 2. The van der Waals surface area contributed by atoms with Crippen molar-refractivity contribution < 1.29 is 46.0 Å². The summed E-state index contributed by atoms with van der Waals surface area (Å²) in [5.41, 5.74) is 5.18. The molecule has 2 aromatic heterocycles. The van der Waals surface area contributed by atoms with Crippen LogP contribution >= 0.6 is 15.6 Å². The van der Waals surface area contributed by atoms with Gasteiger partial charge in [0.25, 0.3) is 5.56 Å². The minimum Gasteiger partial charge on any atom is -0.462 e. The molecule has 0 spiro atoms. The maximum atomic E-state index is 14.9. The lowest BCUT2D eigenvalue weighted by Gasteiger charge is -2.25. The molecule has 3 aromatic rings. The number of rotatable bonds is 12. The molecule has 18 heteroatoms. The molecule has 1 aliphatic rings. The second kappa shape index (κ2) is 12.4. The largest absolute Gasteiger partial charge is 0.481 e. The Labute approximate surface area is 233 Å². The molecule has 41 heavy (non-hydrogen) atoms. The number of alkyl halides is 1. The maximum Gasteiger partial charge on any atom is 0.481 e. The topological polar surface area (TPSA) is 206 Å². The average molecular weight is 617 g/mol. The third-order valence-corrected chi connectivity index (χ3v) is 8.98. The van der Waals surface area contributed by atoms with Gasteiger partial charge in [-0.25, -0.2) is 13.5 Å². The summed E-state index contributed by atoms with van der Waals surface area (Å²) in [5, 5.41) is 2.44. The fourth-order valence-corrected chi connectivity index (χ4v) is 6.95. The van der Waals surface area contributed by atoms with Crippen LogP contribution in [0.5, 0.6) is 5.75 Å². The Morgan fingerprint density at radius 2 is 2.00 bits per heavy atom. The molecule has 1 fully saturated rings. The highest BCUT2D eigenvalue weighted by molar-refractivity contribution is 7.63. The first kappa shape index (κ1) is 30.8. The SMILES string of the molecule is CC(C)OC(=O)[C@H](C)NP(=O)(Oc1ccccc1)OP(=O)(O)OC[C@@H]1C[C@H](F)[C@H](n2ccc3c(=O)[nH]c(N)nc32)O1. The van der Waals surface area contributed by atoms with Crippen LogP contribution in [0.2, 0.25) is 0 Å². The molecule has 5 N–H and O–H groups in total. The van der Waals surface area contributed by atoms with Crippen molar-refractivity contribution in [2.75, 3.05) is 12.3 Å². The lowest BCUT2D eigenvalue weighted by molar-refractivity contribution is -0.149. The van der Waals surface area contributed by atoms with E-state index in [-0.39, 0.29) is 29.2 Å². The minimum absolute atomic E-state index is 0.00188. The molecule has 0 radical (unpaired) electrons. The molecule has 6 atom stereocenters. The summed E-state index contributed by atoms with van der Waals surface area (Å²) in [6.07, 6.45) is -3.22. The van der Waals surface area contributed by atoms with E-state index >= 15 is 0 Å². The number of benzene rings is 1. The molecule has 2 unspecified atom stereocenters. The third kappa shape index (κ3) is 7.80. The average Bonchev–Trinajstić information content (AvgIpc) is 3.45. The summed E-state index contributed by atoms with van der Waals surface area (Å²) in [6, 6.07) is 7.73. The van der Waals surface area contributed by atoms with Gasteiger partial charge in [0.05, 0.1) is 24.2 Å². The molecule has 0 aliphatic carbocycles. The van der Waals surface area contributed by atoms with Gasteiger partial charge in [-0.1, -0.05) is 18.2 Å². The predicted molar refractivity (Wildman–Crippen MR) is 144 cm³/mol. The number of carbonyl (C=O) groups is 1. The van der Waals surface area contributed by atoms with Crippen LogP contribution in [0.25, 0.3) is 11.0 Å². The Morgan fingerprint density at radius 1 is 1.29 bits per heavy atom. The number of phosphoric ester groups is 1. The number of H-pyrrole nitrogens is 1. The van der Waals surface area contributed by atoms with E-state index in [1.165, 1.54) is 35.9 Å². The number of para-hydroxylation sites is 1. The van der Waals surface area contributed by atoms with Crippen LogP contribution in [0.15, 0.2) is 47.4 Å². The molecule has 0 saturated carbocycles. The standard InChI is InChI=1S/C23H30FN5O10P2/c1-13(2)36-22(31)14(3)28-40(32,38-15-7-5-4-6-8-15)39-41(33,34)35-12-16-11-18(24)21(37-16)29-10-9-17-19(29)26-23(25)27-20(17)30/h4-10,13-14,16,18,21H,11-12H2,1-3H3,(H,28,32)(H,33,34)(H3,25,26,27,30)/t14-,16-,18-,21+,40?/m0/s1. The fraction of sp³-hybridized carbons (Fsp3) is 0.435. The van der Waals surface area contributed by atoms with E-state index in [4.69, 9.17) is 28.6 Å². The van der Waals surface area contributed by atoms with Crippen molar-refractivity contribution in [3.8, 4) is 5.75 Å².